The molecule has 0 aliphatic carbocycles. The number of nitrogens with zero attached hydrogens (tertiary/aromatic N) is 3. The van der Waals surface area contributed by atoms with E-state index in [9.17, 15) is 14.4 Å². The summed E-state index contributed by atoms with van der Waals surface area (Å²) in [6.45, 7) is 9.73. The smallest absolute Gasteiger partial charge is 0.237 e. The Labute approximate surface area is 133 Å². The zero-order valence-electron chi connectivity index (χ0n) is 14.5. The van der Waals surface area contributed by atoms with E-state index in [2.05, 4.69) is 6.92 Å². The van der Waals surface area contributed by atoms with Crippen LogP contribution in [-0.4, -0.2) is 72.2 Å². The van der Waals surface area contributed by atoms with Gasteiger partial charge in [-0.2, -0.15) is 0 Å². The lowest BCUT2D eigenvalue weighted by Crippen LogP contribution is -2.56. The van der Waals surface area contributed by atoms with Crippen molar-refractivity contribution in [2.24, 2.45) is 5.41 Å². The van der Waals surface area contributed by atoms with Gasteiger partial charge in [0.15, 0.2) is 0 Å². The molecule has 0 aromatic carbocycles. The maximum Gasteiger partial charge on any atom is 0.237 e. The summed E-state index contributed by atoms with van der Waals surface area (Å²) >= 11 is 0. The molecule has 0 saturated carbocycles. The van der Waals surface area contributed by atoms with Gasteiger partial charge in [0.05, 0.1) is 0 Å². The minimum atomic E-state index is -1.05. The molecular weight excluding hydrogens is 282 g/mol. The average molecular weight is 311 g/mol. The van der Waals surface area contributed by atoms with E-state index in [1.165, 1.54) is 6.92 Å². The van der Waals surface area contributed by atoms with Crippen molar-refractivity contribution in [2.75, 3.05) is 39.8 Å². The van der Waals surface area contributed by atoms with Gasteiger partial charge in [-0.05, 0) is 20.3 Å². The second kappa shape index (κ2) is 7.61. The van der Waals surface area contributed by atoms with Crippen LogP contribution in [0.3, 0.4) is 0 Å². The predicted octanol–water partition coefficient (Wildman–Crippen LogP) is 0.962. The Bertz CT molecular complexity index is 426. The molecule has 0 radical (unpaired) electrons. The molecule has 1 rings (SSSR count). The van der Waals surface area contributed by atoms with Gasteiger partial charge < -0.3 is 14.7 Å². The molecule has 22 heavy (non-hydrogen) atoms. The zero-order valence-corrected chi connectivity index (χ0v) is 14.5. The number of rotatable bonds is 5. The molecule has 6 nitrogen and oxygen atoms in total. The molecule has 0 bridgehead atoms. The van der Waals surface area contributed by atoms with Crippen LogP contribution in [0.1, 0.15) is 40.5 Å². The third-order valence-electron chi connectivity index (χ3n) is 4.28. The lowest BCUT2D eigenvalue weighted by Gasteiger charge is -2.38. The standard InChI is InChI=1S/C16H29N3O3/c1-6-7-8-17(5)14(21)16(3,4)15(22)19-11-9-18(10-12-19)13(2)20/h6-12H2,1-5H3. The van der Waals surface area contributed by atoms with E-state index in [1.807, 2.05) is 0 Å². The summed E-state index contributed by atoms with van der Waals surface area (Å²) in [5.74, 6) is -0.259. The lowest BCUT2D eigenvalue weighted by molar-refractivity contribution is -0.155. The van der Waals surface area contributed by atoms with Crippen molar-refractivity contribution in [3.63, 3.8) is 0 Å². The summed E-state index contributed by atoms with van der Waals surface area (Å²) in [4.78, 5) is 41.6. The molecule has 1 aliphatic rings. The maximum absolute atomic E-state index is 12.7. The fourth-order valence-electron chi connectivity index (χ4n) is 2.69. The van der Waals surface area contributed by atoms with E-state index in [0.717, 1.165) is 12.8 Å². The van der Waals surface area contributed by atoms with Crippen molar-refractivity contribution >= 4 is 17.7 Å². The third-order valence-corrected chi connectivity index (χ3v) is 4.28. The highest BCUT2D eigenvalue weighted by Crippen LogP contribution is 2.23. The van der Waals surface area contributed by atoms with Crippen LogP contribution in [0.4, 0.5) is 0 Å². The topological polar surface area (TPSA) is 60.9 Å². The Balaban J connectivity index is 2.66. The first kappa shape index (κ1) is 18.5. The molecule has 1 heterocycles. The molecule has 0 atom stereocenters. The van der Waals surface area contributed by atoms with Crippen molar-refractivity contribution < 1.29 is 14.4 Å². The molecule has 0 spiro atoms. The first-order chi connectivity index (χ1) is 10.2. The van der Waals surface area contributed by atoms with Crippen LogP contribution in [0.2, 0.25) is 0 Å². The Morgan fingerprint density at radius 3 is 2.00 bits per heavy atom. The fraction of sp³-hybridized carbons (Fsp3) is 0.812. The van der Waals surface area contributed by atoms with Gasteiger partial charge >= 0.3 is 0 Å². The monoisotopic (exact) mass is 311 g/mol. The van der Waals surface area contributed by atoms with Gasteiger partial charge in [-0.3, -0.25) is 14.4 Å². The van der Waals surface area contributed by atoms with Crippen molar-refractivity contribution in [1.82, 2.24) is 14.7 Å². The van der Waals surface area contributed by atoms with Crippen LogP contribution in [-0.2, 0) is 14.4 Å². The highest BCUT2D eigenvalue weighted by Gasteiger charge is 2.41. The van der Waals surface area contributed by atoms with Crippen molar-refractivity contribution in [2.45, 2.75) is 40.5 Å². The summed E-state index contributed by atoms with van der Waals surface area (Å²) in [7, 11) is 1.75. The molecule has 3 amide bonds. The van der Waals surface area contributed by atoms with Crippen molar-refractivity contribution in [3.05, 3.63) is 0 Å². The van der Waals surface area contributed by atoms with E-state index in [0.29, 0.717) is 32.7 Å². The van der Waals surface area contributed by atoms with Gasteiger partial charge in [0.25, 0.3) is 0 Å². The minimum absolute atomic E-state index is 0.0294. The molecule has 0 aromatic heterocycles. The van der Waals surface area contributed by atoms with Crippen LogP contribution in [0.5, 0.6) is 0 Å². The molecule has 6 heteroatoms. The predicted molar refractivity (Wildman–Crippen MR) is 85.2 cm³/mol. The quantitative estimate of drug-likeness (QED) is 0.711. The third kappa shape index (κ3) is 4.21. The highest BCUT2D eigenvalue weighted by molar-refractivity contribution is 6.04. The largest absolute Gasteiger partial charge is 0.345 e. The minimum Gasteiger partial charge on any atom is -0.345 e. The van der Waals surface area contributed by atoms with E-state index in [1.54, 1.807) is 35.6 Å². The van der Waals surface area contributed by atoms with E-state index >= 15 is 0 Å². The number of piperazine rings is 1. The Morgan fingerprint density at radius 2 is 1.55 bits per heavy atom. The van der Waals surface area contributed by atoms with E-state index in [-0.39, 0.29) is 17.7 Å². The van der Waals surface area contributed by atoms with Gasteiger partial charge in [0, 0.05) is 46.7 Å². The number of carbonyl (C=O) groups is 3. The number of hydrogen-bond acceptors (Lipinski definition) is 3. The van der Waals surface area contributed by atoms with Gasteiger partial charge in [-0.1, -0.05) is 13.3 Å². The second-order valence-corrected chi connectivity index (χ2v) is 6.50. The summed E-state index contributed by atoms with van der Waals surface area (Å²) in [5.41, 5.74) is -1.05. The Morgan fingerprint density at radius 1 is 1.05 bits per heavy atom. The molecule has 0 aromatic rings. The van der Waals surface area contributed by atoms with Crippen molar-refractivity contribution in [3.8, 4) is 0 Å². The molecule has 1 fully saturated rings. The summed E-state index contributed by atoms with van der Waals surface area (Å²) < 4.78 is 0. The maximum atomic E-state index is 12.7. The summed E-state index contributed by atoms with van der Waals surface area (Å²) in [6, 6.07) is 0. The first-order valence-electron chi connectivity index (χ1n) is 8.02. The molecule has 0 unspecified atom stereocenters. The highest BCUT2D eigenvalue weighted by atomic mass is 16.2. The van der Waals surface area contributed by atoms with Crippen LogP contribution in [0.15, 0.2) is 0 Å². The lowest BCUT2D eigenvalue weighted by atomic mass is 9.89. The van der Waals surface area contributed by atoms with Gasteiger partial charge in [0.2, 0.25) is 17.7 Å². The fourth-order valence-corrected chi connectivity index (χ4v) is 2.69. The number of amides is 3. The van der Waals surface area contributed by atoms with E-state index in [4.69, 9.17) is 0 Å². The second-order valence-electron chi connectivity index (χ2n) is 6.50. The summed E-state index contributed by atoms with van der Waals surface area (Å²) in [6.07, 6.45) is 1.95. The van der Waals surface area contributed by atoms with Crippen LogP contribution in [0, 0.1) is 5.41 Å². The normalized spacial score (nSPS) is 15.7. The SMILES string of the molecule is CCCCN(C)C(=O)C(C)(C)C(=O)N1CCN(C(C)=O)CC1. The van der Waals surface area contributed by atoms with Crippen LogP contribution < -0.4 is 0 Å². The Hall–Kier alpha value is -1.59. The molecule has 0 N–H and O–H groups in total. The van der Waals surface area contributed by atoms with Gasteiger partial charge in [-0.15, -0.1) is 0 Å². The van der Waals surface area contributed by atoms with Gasteiger partial charge in [0.1, 0.15) is 5.41 Å². The zero-order chi connectivity index (χ0) is 16.9. The molecule has 126 valence electrons. The first-order valence-corrected chi connectivity index (χ1v) is 8.02. The molecule has 1 aliphatic heterocycles. The number of carbonyl (C=O) groups excluding carboxylic acids is 3. The number of hydrogen-bond donors (Lipinski definition) is 0. The van der Waals surface area contributed by atoms with Gasteiger partial charge in [-0.25, -0.2) is 0 Å². The van der Waals surface area contributed by atoms with Crippen LogP contribution >= 0.6 is 0 Å². The molecule has 1 saturated heterocycles. The average Bonchev–Trinajstić information content (AvgIpc) is 2.50. The Kier molecular flexibility index (Phi) is 6.38. The molecular formula is C16H29N3O3. The van der Waals surface area contributed by atoms with Crippen LogP contribution in [0.25, 0.3) is 0 Å². The van der Waals surface area contributed by atoms with Crippen molar-refractivity contribution in [1.29, 1.82) is 0 Å². The summed E-state index contributed by atoms with van der Waals surface area (Å²) in [5, 5.41) is 0. The number of unbranched alkanes of at least 4 members (excludes halogenated alkanes) is 1. The van der Waals surface area contributed by atoms with E-state index < -0.39 is 5.41 Å².